The average Bonchev–Trinajstić information content (AvgIpc) is 3.21. The lowest BCUT2D eigenvalue weighted by molar-refractivity contribution is 0.111. The Bertz CT molecular complexity index is 455. The zero-order valence-electron chi connectivity index (χ0n) is 10.7. The molecule has 0 saturated heterocycles. The van der Waals surface area contributed by atoms with Crippen molar-refractivity contribution >= 4 is 0 Å². The van der Waals surface area contributed by atoms with Gasteiger partial charge in [0.05, 0.1) is 20.3 Å². The molecule has 1 fully saturated rings. The maximum Gasteiger partial charge on any atom is 0.119 e. The molecule has 0 bridgehead atoms. The van der Waals surface area contributed by atoms with Gasteiger partial charge in [0, 0.05) is 12.2 Å². The Kier molecular flexibility index (Phi) is 4.63. The fourth-order valence-corrected chi connectivity index (χ4v) is 1.70. The smallest absolute Gasteiger partial charge is 0.119 e. The van der Waals surface area contributed by atoms with Gasteiger partial charge in [-0.3, -0.25) is 0 Å². The Morgan fingerprint density at radius 2 is 2.22 bits per heavy atom. The van der Waals surface area contributed by atoms with Crippen LogP contribution in [-0.4, -0.2) is 20.3 Å². The van der Waals surface area contributed by atoms with Gasteiger partial charge >= 0.3 is 0 Å². The highest BCUT2D eigenvalue weighted by Gasteiger charge is 2.21. The van der Waals surface area contributed by atoms with E-state index in [-0.39, 0.29) is 0 Å². The third kappa shape index (κ3) is 3.76. The number of hydrogen-bond acceptors (Lipinski definition) is 3. The third-order valence-corrected chi connectivity index (χ3v) is 2.95. The summed E-state index contributed by atoms with van der Waals surface area (Å²) in [5.41, 5.74) is 7.44. The van der Waals surface area contributed by atoms with Crippen molar-refractivity contribution in [2.45, 2.75) is 19.4 Å². The number of hydrogen-bond donors (Lipinski definition) is 1. The minimum atomic E-state index is 0.369. The van der Waals surface area contributed by atoms with Crippen molar-refractivity contribution in [3.05, 3.63) is 29.3 Å². The van der Waals surface area contributed by atoms with Crippen LogP contribution in [0, 0.1) is 17.8 Å². The molecule has 96 valence electrons. The van der Waals surface area contributed by atoms with Crippen molar-refractivity contribution < 1.29 is 9.47 Å². The first-order valence-electron chi connectivity index (χ1n) is 6.27. The van der Waals surface area contributed by atoms with Crippen LogP contribution in [0.5, 0.6) is 5.75 Å². The van der Waals surface area contributed by atoms with E-state index in [1.165, 1.54) is 12.8 Å². The first-order valence-corrected chi connectivity index (χ1v) is 6.27. The molecule has 0 atom stereocenters. The summed E-state index contributed by atoms with van der Waals surface area (Å²) >= 11 is 0. The Morgan fingerprint density at radius 1 is 1.39 bits per heavy atom. The lowest BCUT2D eigenvalue weighted by Gasteiger charge is -2.08. The monoisotopic (exact) mass is 245 g/mol. The summed E-state index contributed by atoms with van der Waals surface area (Å²) in [5, 5.41) is 0. The van der Waals surface area contributed by atoms with Crippen LogP contribution < -0.4 is 10.5 Å². The molecule has 18 heavy (non-hydrogen) atoms. The van der Waals surface area contributed by atoms with Gasteiger partial charge in [-0.25, -0.2) is 0 Å². The van der Waals surface area contributed by atoms with E-state index in [2.05, 4.69) is 11.8 Å². The first-order chi connectivity index (χ1) is 8.83. The standard InChI is InChI=1S/C15H19NO2/c1-17-15-7-6-13(3-2-8-16)14(9-15)11-18-10-12-4-5-12/h6-7,9,12H,4-5,8,10-11,16H2,1H3. The van der Waals surface area contributed by atoms with E-state index in [1.807, 2.05) is 18.2 Å². The highest BCUT2D eigenvalue weighted by molar-refractivity contribution is 5.45. The molecular formula is C15H19NO2. The second kappa shape index (κ2) is 6.44. The van der Waals surface area contributed by atoms with Gasteiger partial charge in [0.25, 0.3) is 0 Å². The Labute approximate surface area is 108 Å². The highest BCUT2D eigenvalue weighted by atomic mass is 16.5. The summed E-state index contributed by atoms with van der Waals surface area (Å²) in [5.74, 6) is 7.55. The fourth-order valence-electron chi connectivity index (χ4n) is 1.70. The molecule has 2 rings (SSSR count). The van der Waals surface area contributed by atoms with Gasteiger partial charge in [-0.05, 0) is 42.5 Å². The van der Waals surface area contributed by atoms with Crippen molar-refractivity contribution in [1.29, 1.82) is 0 Å². The molecule has 3 heteroatoms. The molecule has 1 saturated carbocycles. The van der Waals surface area contributed by atoms with E-state index >= 15 is 0 Å². The summed E-state index contributed by atoms with van der Waals surface area (Å²) in [6.07, 6.45) is 2.61. The second-order valence-corrected chi connectivity index (χ2v) is 4.49. The van der Waals surface area contributed by atoms with E-state index in [9.17, 15) is 0 Å². The first kappa shape index (κ1) is 12.9. The van der Waals surface area contributed by atoms with Crippen LogP contribution in [0.3, 0.4) is 0 Å². The Morgan fingerprint density at radius 3 is 2.89 bits per heavy atom. The topological polar surface area (TPSA) is 44.5 Å². The quantitative estimate of drug-likeness (QED) is 0.806. The summed E-state index contributed by atoms with van der Waals surface area (Å²) in [4.78, 5) is 0. The van der Waals surface area contributed by atoms with Crippen LogP contribution in [0.2, 0.25) is 0 Å². The summed E-state index contributed by atoms with van der Waals surface area (Å²) in [7, 11) is 1.66. The number of methoxy groups -OCH3 is 1. The fraction of sp³-hybridized carbons (Fsp3) is 0.467. The molecule has 3 nitrogen and oxygen atoms in total. The van der Waals surface area contributed by atoms with Crippen LogP contribution >= 0.6 is 0 Å². The van der Waals surface area contributed by atoms with E-state index in [0.29, 0.717) is 13.2 Å². The Balaban J connectivity index is 2.06. The molecule has 0 amide bonds. The van der Waals surface area contributed by atoms with Gasteiger partial charge < -0.3 is 15.2 Å². The molecule has 0 radical (unpaired) electrons. The van der Waals surface area contributed by atoms with E-state index < -0.39 is 0 Å². The Hall–Kier alpha value is -1.50. The molecular weight excluding hydrogens is 226 g/mol. The van der Waals surface area contributed by atoms with Crippen molar-refractivity contribution in [2.75, 3.05) is 20.3 Å². The van der Waals surface area contributed by atoms with Crippen LogP contribution in [0.25, 0.3) is 0 Å². The maximum absolute atomic E-state index is 5.71. The lowest BCUT2D eigenvalue weighted by atomic mass is 10.1. The van der Waals surface area contributed by atoms with Crippen LogP contribution in [0.1, 0.15) is 24.0 Å². The van der Waals surface area contributed by atoms with E-state index in [1.54, 1.807) is 7.11 Å². The SMILES string of the molecule is COc1ccc(C#CCN)c(COCC2CC2)c1. The van der Waals surface area contributed by atoms with Crippen molar-refractivity contribution in [3.8, 4) is 17.6 Å². The largest absolute Gasteiger partial charge is 0.497 e. The molecule has 1 aliphatic rings. The van der Waals surface area contributed by atoms with Gasteiger partial charge in [-0.1, -0.05) is 11.8 Å². The van der Waals surface area contributed by atoms with E-state index in [0.717, 1.165) is 29.4 Å². The summed E-state index contributed by atoms with van der Waals surface area (Å²) < 4.78 is 10.9. The number of benzene rings is 1. The van der Waals surface area contributed by atoms with Gasteiger partial charge in [0.1, 0.15) is 5.75 Å². The molecule has 1 aromatic carbocycles. The van der Waals surface area contributed by atoms with Crippen molar-refractivity contribution in [2.24, 2.45) is 11.7 Å². The highest BCUT2D eigenvalue weighted by Crippen LogP contribution is 2.29. The van der Waals surface area contributed by atoms with Crippen LogP contribution in [0.15, 0.2) is 18.2 Å². The maximum atomic E-state index is 5.71. The zero-order chi connectivity index (χ0) is 12.8. The average molecular weight is 245 g/mol. The molecule has 1 aromatic rings. The molecule has 0 aromatic heterocycles. The molecule has 2 N–H and O–H groups in total. The van der Waals surface area contributed by atoms with Gasteiger partial charge in [0.15, 0.2) is 0 Å². The lowest BCUT2D eigenvalue weighted by Crippen LogP contribution is -2.00. The number of nitrogens with two attached hydrogens (primary N) is 1. The second-order valence-electron chi connectivity index (χ2n) is 4.49. The van der Waals surface area contributed by atoms with Gasteiger partial charge in [-0.2, -0.15) is 0 Å². The summed E-state index contributed by atoms with van der Waals surface area (Å²) in [6.45, 7) is 1.80. The number of rotatable bonds is 5. The normalized spacial score (nSPS) is 13.9. The van der Waals surface area contributed by atoms with Crippen LogP contribution in [-0.2, 0) is 11.3 Å². The molecule has 0 spiro atoms. The van der Waals surface area contributed by atoms with Crippen molar-refractivity contribution in [1.82, 2.24) is 0 Å². The minimum absolute atomic E-state index is 0.369. The molecule has 0 aliphatic heterocycles. The van der Waals surface area contributed by atoms with Crippen molar-refractivity contribution in [3.63, 3.8) is 0 Å². The molecule has 0 unspecified atom stereocenters. The number of ether oxygens (including phenoxy) is 2. The molecule has 0 heterocycles. The zero-order valence-corrected chi connectivity index (χ0v) is 10.7. The van der Waals surface area contributed by atoms with Gasteiger partial charge in [-0.15, -0.1) is 0 Å². The third-order valence-electron chi connectivity index (χ3n) is 2.95. The molecule has 1 aliphatic carbocycles. The minimum Gasteiger partial charge on any atom is -0.497 e. The van der Waals surface area contributed by atoms with Gasteiger partial charge in [0.2, 0.25) is 0 Å². The predicted molar refractivity (Wildman–Crippen MR) is 71.3 cm³/mol. The predicted octanol–water partition coefficient (Wildman–Crippen LogP) is 1.93. The van der Waals surface area contributed by atoms with Crippen LogP contribution in [0.4, 0.5) is 0 Å². The summed E-state index contributed by atoms with van der Waals surface area (Å²) in [6, 6.07) is 5.84. The van der Waals surface area contributed by atoms with E-state index in [4.69, 9.17) is 15.2 Å².